The van der Waals surface area contributed by atoms with Crippen LogP contribution in [0.1, 0.15) is 45.6 Å². The summed E-state index contributed by atoms with van der Waals surface area (Å²) in [5.41, 5.74) is 1.44. The molecule has 2 nitrogen and oxygen atoms in total. The molecule has 1 aromatic carbocycles. The van der Waals surface area contributed by atoms with Crippen LogP contribution >= 0.6 is 11.6 Å². The molecule has 1 rings (SSSR count). The average Bonchev–Trinajstić information content (AvgIpc) is 2.39. The predicted molar refractivity (Wildman–Crippen MR) is 87.9 cm³/mol. The molecule has 114 valence electrons. The van der Waals surface area contributed by atoms with Crippen molar-refractivity contribution in [3.05, 3.63) is 28.8 Å². The monoisotopic (exact) mass is 297 g/mol. The van der Waals surface area contributed by atoms with Crippen molar-refractivity contribution in [3.8, 4) is 5.75 Å². The molecule has 0 saturated carbocycles. The molecule has 0 bridgehead atoms. The zero-order valence-electron chi connectivity index (χ0n) is 13.3. The number of nitrogens with one attached hydrogen (secondary N) is 1. The second-order valence-corrected chi connectivity index (χ2v) is 6.31. The zero-order valence-corrected chi connectivity index (χ0v) is 14.0. The lowest BCUT2D eigenvalue weighted by molar-refractivity contribution is 0.271. The van der Waals surface area contributed by atoms with Gasteiger partial charge in [0.2, 0.25) is 0 Å². The maximum absolute atomic E-state index is 6.14. The van der Waals surface area contributed by atoms with Gasteiger partial charge in [0.25, 0.3) is 0 Å². The highest BCUT2D eigenvalue weighted by atomic mass is 35.5. The molecule has 0 fully saturated rings. The fourth-order valence-corrected chi connectivity index (χ4v) is 2.95. The van der Waals surface area contributed by atoms with Crippen molar-refractivity contribution in [2.75, 3.05) is 20.2 Å². The molecule has 0 aliphatic heterocycles. The van der Waals surface area contributed by atoms with E-state index in [1.807, 2.05) is 18.2 Å². The zero-order chi connectivity index (χ0) is 15.0. The molecule has 0 aliphatic rings. The second-order valence-electron chi connectivity index (χ2n) is 5.87. The first-order valence-electron chi connectivity index (χ1n) is 7.57. The number of benzene rings is 1. The topological polar surface area (TPSA) is 21.3 Å². The standard InChI is InChI=1S/C17H28ClNO/c1-5-9-17(3,13-19-10-6-2)12-14-11-15(18)7-8-16(14)20-4/h7-8,11,19H,5-6,9-10,12-13H2,1-4H3. The van der Waals surface area contributed by atoms with E-state index in [0.29, 0.717) is 0 Å². The molecular weight excluding hydrogens is 270 g/mol. The minimum atomic E-state index is 0.238. The molecule has 0 spiro atoms. The normalized spacial score (nSPS) is 14.1. The molecule has 0 aromatic heterocycles. The van der Waals surface area contributed by atoms with Crippen LogP contribution in [0.4, 0.5) is 0 Å². The van der Waals surface area contributed by atoms with Crippen LogP contribution in [0.15, 0.2) is 18.2 Å². The fraction of sp³-hybridized carbons (Fsp3) is 0.647. The van der Waals surface area contributed by atoms with E-state index in [2.05, 4.69) is 26.1 Å². The molecule has 1 aromatic rings. The molecule has 1 atom stereocenters. The highest BCUT2D eigenvalue weighted by Crippen LogP contribution is 2.33. The molecule has 0 saturated heterocycles. The number of hydrogen-bond acceptors (Lipinski definition) is 2. The first-order valence-corrected chi connectivity index (χ1v) is 7.95. The lowest BCUT2D eigenvalue weighted by atomic mass is 9.79. The van der Waals surface area contributed by atoms with Crippen LogP contribution in [0, 0.1) is 5.41 Å². The van der Waals surface area contributed by atoms with Gasteiger partial charge in [0.1, 0.15) is 5.75 Å². The van der Waals surface area contributed by atoms with Gasteiger partial charge in [-0.1, -0.05) is 38.8 Å². The van der Waals surface area contributed by atoms with Crippen LogP contribution in [0.2, 0.25) is 5.02 Å². The second kappa shape index (κ2) is 8.53. The summed E-state index contributed by atoms with van der Waals surface area (Å²) in [6, 6.07) is 5.88. The number of methoxy groups -OCH3 is 1. The first kappa shape index (κ1) is 17.3. The predicted octanol–water partition coefficient (Wildman–Crippen LogP) is 4.70. The largest absolute Gasteiger partial charge is 0.496 e. The van der Waals surface area contributed by atoms with Crippen molar-refractivity contribution < 1.29 is 4.74 Å². The van der Waals surface area contributed by atoms with Crippen molar-refractivity contribution >= 4 is 11.6 Å². The SMILES string of the molecule is CCCNCC(C)(CCC)Cc1cc(Cl)ccc1OC. The van der Waals surface area contributed by atoms with Crippen LogP contribution < -0.4 is 10.1 Å². The van der Waals surface area contributed by atoms with Crippen LogP contribution in [0.25, 0.3) is 0 Å². The van der Waals surface area contributed by atoms with Crippen LogP contribution in [0.3, 0.4) is 0 Å². The third kappa shape index (κ3) is 5.34. The minimum Gasteiger partial charge on any atom is -0.496 e. The summed E-state index contributed by atoms with van der Waals surface area (Å²) in [4.78, 5) is 0. The third-order valence-electron chi connectivity index (χ3n) is 3.69. The van der Waals surface area contributed by atoms with E-state index in [1.165, 1.54) is 24.8 Å². The highest BCUT2D eigenvalue weighted by molar-refractivity contribution is 6.30. The van der Waals surface area contributed by atoms with Crippen LogP contribution in [-0.4, -0.2) is 20.2 Å². The molecule has 1 N–H and O–H groups in total. The lowest BCUT2D eigenvalue weighted by Gasteiger charge is -2.30. The lowest BCUT2D eigenvalue weighted by Crippen LogP contribution is -2.34. The Kier molecular flexibility index (Phi) is 7.39. The Hall–Kier alpha value is -0.730. The van der Waals surface area contributed by atoms with Gasteiger partial charge in [-0.15, -0.1) is 0 Å². The summed E-state index contributed by atoms with van der Waals surface area (Å²) in [5, 5.41) is 4.34. The average molecular weight is 298 g/mol. The quantitative estimate of drug-likeness (QED) is 0.667. The van der Waals surface area contributed by atoms with E-state index in [-0.39, 0.29) is 5.41 Å². The Balaban J connectivity index is 2.85. The van der Waals surface area contributed by atoms with Crippen LogP contribution in [0.5, 0.6) is 5.75 Å². The Morgan fingerprint density at radius 3 is 2.60 bits per heavy atom. The molecule has 1 unspecified atom stereocenters. The number of ether oxygens (including phenoxy) is 1. The summed E-state index contributed by atoms with van der Waals surface area (Å²) >= 11 is 6.14. The summed E-state index contributed by atoms with van der Waals surface area (Å²) in [7, 11) is 1.72. The Labute approximate surface area is 128 Å². The van der Waals surface area contributed by atoms with Gasteiger partial charge in [-0.05, 0) is 55.0 Å². The van der Waals surface area contributed by atoms with Gasteiger partial charge in [-0.2, -0.15) is 0 Å². The van der Waals surface area contributed by atoms with Gasteiger partial charge in [-0.25, -0.2) is 0 Å². The van der Waals surface area contributed by atoms with Gasteiger partial charge in [0.15, 0.2) is 0 Å². The summed E-state index contributed by atoms with van der Waals surface area (Å²) in [6.07, 6.45) is 4.54. The maximum Gasteiger partial charge on any atom is 0.122 e. The fourth-order valence-electron chi connectivity index (χ4n) is 2.75. The van der Waals surface area contributed by atoms with Crippen LogP contribution in [-0.2, 0) is 6.42 Å². The van der Waals surface area contributed by atoms with Crippen molar-refractivity contribution in [2.24, 2.45) is 5.41 Å². The van der Waals surface area contributed by atoms with Gasteiger partial charge >= 0.3 is 0 Å². The summed E-state index contributed by atoms with van der Waals surface area (Å²) < 4.78 is 5.47. The molecule has 20 heavy (non-hydrogen) atoms. The van der Waals surface area contributed by atoms with E-state index < -0.39 is 0 Å². The highest BCUT2D eigenvalue weighted by Gasteiger charge is 2.25. The van der Waals surface area contributed by atoms with Crippen molar-refractivity contribution in [3.63, 3.8) is 0 Å². The van der Waals surface area contributed by atoms with E-state index in [4.69, 9.17) is 16.3 Å². The van der Waals surface area contributed by atoms with Gasteiger partial charge in [0.05, 0.1) is 7.11 Å². The van der Waals surface area contributed by atoms with Gasteiger partial charge < -0.3 is 10.1 Å². The number of rotatable bonds is 9. The van der Waals surface area contributed by atoms with Gasteiger partial charge in [-0.3, -0.25) is 0 Å². The summed E-state index contributed by atoms with van der Waals surface area (Å²) in [5.74, 6) is 0.937. The third-order valence-corrected chi connectivity index (χ3v) is 3.93. The Morgan fingerprint density at radius 1 is 1.25 bits per heavy atom. The van der Waals surface area contributed by atoms with E-state index in [0.717, 1.165) is 30.3 Å². The molecule has 0 radical (unpaired) electrons. The van der Waals surface area contributed by atoms with Crippen molar-refractivity contribution in [1.29, 1.82) is 0 Å². The Bertz CT molecular complexity index is 408. The molecular formula is C17H28ClNO. The molecule has 3 heteroatoms. The molecule has 0 heterocycles. The van der Waals surface area contributed by atoms with E-state index >= 15 is 0 Å². The maximum atomic E-state index is 6.14. The van der Waals surface area contributed by atoms with Crippen molar-refractivity contribution in [1.82, 2.24) is 5.32 Å². The van der Waals surface area contributed by atoms with E-state index in [9.17, 15) is 0 Å². The van der Waals surface area contributed by atoms with Gasteiger partial charge in [0, 0.05) is 11.6 Å². The summed E-state index contributed by atoms with van der Waals surface area (Å²) in [6.45, 7) is 8.90. The van der Waals surface area contributed by atoms with Crippen molar-refractivity contribution in [2.45, 2.75) is 46.5 Å². The Morgan fingerprint density at radius 2 is 2.00 bits per heavy atom. The molecule has 0 aliphatic carbocycles. The smallest absolute Gasteiger partial charge is 0.122 e. The van der Waals surface area contributed by atoms with E-state index in [1.54, 1.807) is 7.11 Å². The molecule has 0 amide bonds. The number of halogens is 1. The number of hydrogen-bond donors (Lipinski definition) is 1. The minimum absolute atomic E-state index is 0.238. The first-order chi connectivity index (χ1) is 9.54.